The molecule has 0 atom stereocenters. The fraction of sp³-hybridized carbons (Fsp3) is 0.607. The Balaban J connectivity index is 1.52. The van der Waals surface area contributed by atoms with Gasteiger partial charge < -0.3 is 34.9 Å². The number of aryl methyl sites for hydroxylation is 1. The summed E-state index contributed by atoms with van der Waals surface area (Å²) >= 11 is 0. The average Bonchev–Trinajstić information content (AvgIpc) is 3.30. The summed E-state index contributed by atoms with van der Waals surface area (Å²) in [6.45, 7) is 8.96. The van der Waals surface area contributed by atoms with Gasteiger partial charge in [-0.25, -0.2) is 9.97 Å². The predicted molar refractivity (Wildman–Crippen MR) is 150 cm³/mol. The molecule has 3 heterocycles. The predicted octanol–water partition coefficient (Wildman–Crippen LogP) is 1.42. The van der Waals surface area contributed by atoms with Gasteiger partial charge >= 0.3 is 0 Å². The number of rotatable bonds is 13. The Labute approximate surface area is 229 Å². The minimum atomic E-state index is -0.735. The number of amides is 1. The second-order valence-electron chi connectivity index (χ2n) is 10.7. The zero-order valence-electron chi connectivity index (χ0n) is 23.4. The zero-order chi connectivity index (χ0) is 28.0. The van der Waals surface area contributed by atoms with E-state index in [9.17, 15) is 15.0 Å². The second kappa shape index (κ2) is 13.0. The Kier molecular flexibility index (Phi) is 9.73. The standard InChI is InChI=1S/C28H42N6O5/c1-4-39-15-23-31-25-26(34(23)17-28(2,18-35)19-36)21-8-7-20(14-22(21)30-27(25)29)6-5-9-32-10-12-33(13-11-32)24(37)16-38-3/h7-8,14,35-36H,4-6,9-13,15-19H2,1-3H3,(H2,29,30). The molecule has 0 unspecified atom stereocenters. The molecule has 4 rings (SSSR count). The molecule has 1 fully saturated rings. The van der Waals surface area contributed by atoms with Crippen molar-refractivity contribution in [2.75, 3.05) is 72.0 Å². The van der Waals surface area contributed by atoms with Crippen LogP contribution in [0.1, 0.15) is 31.7 Å². The molecule has 39 heavy (non-hydrogen) atoms. The Hall–Kier alpha value is -2.83. The maximum atomic E-state index is 12.0. The Morgan fingerprint density at radius 2 is 1.90 bits per heavy atom. The molecule has 11 heteroatoms. The molecule has 1 aromatic carbocycles. The average molecular weight is 543 g/mol. The number of ether oxygens (including phenoxy) is 2. The molecule has 2 aromatic heterocycles. The van der Waals surface area contributed by atoms with Crippen molar-refractivity contribution in [1.82, 2.24) is 24.3 Å². The number of hydrogen-bond donors (Lipinski definition) is 3. The SMILES string of the molecule is CCOCc1nc2c(N)nc3cc(CCCN4CCN(C(=O)COC)CC4)ccc3c2n1CC(C)(CO)CO. The van der Waals surface area contributed by atoms with Crippen LogP contribution in [0.15, 0.2) is 18.2 Å². The minimum absolute atomic E-state index is 0.0536. The van der Waals surface area contributed by atoms with E-state index >= 15 is 0 Å². The number of aliphatic hydroxyl groups is 2. The topological polar surface area (TPSA) is 139 Å². The van der Waals surface area contributed by atoms with Crippen molar-refractivity contribution >= 4 is 33.7 Å². The van der Waals surface area contributed by atoms with Crippen molar-refractivity contribution in [2.24, 2.45) is 5.41 Å². The molecule has 3 aromatic rings. The fourth-order valence-electron chi connectivity index (χ4n) is 5.11. The molecule has 1 saturated heterocycles. The van der Waals surface area contributed by atoms with Gasteiger partial charge in [-0.2, -0.15) is 0 Å². The number of benzene rings is 1. The lowest BCUT2D eigenvalue weighted by molar-refractivity contribution is -0.136. The lowest BCUT2D eigenvalue weighted by Gasteiger charge is -2.34. The largest absolute Gasteiger partial charge is 0.396 e. The number of anilines is 1. The first-order chi connectivity index (χ1) is 18.8. The van der Waals surface area contributed by atoms with Crippen LogP contribution in [-0.4, -0.2) is 107 Å². The van der Waals surface area contributed by atoms with Crippen molar-refractivity contribution in [2.45, 2.75) is 39.8 Å². The summed E-state index contributed by atoms with van der Waals surface area (Å²) in [7, 11) is 1.55. The van der Waals surface area contributed by atoms with Gasteiger partial charge in [0.1, 0.15) is 24.6 Å². The number of imidazole rings is 1. The molecule has 214 valence electrons. The quantitative estimate of drug-likeness (QED) is 0.293. The lowest BCUT2D eigenvalue weighted by atomic mass is 9.92. The number of aromatic nitrogens is 3. The highest BCUT2D eigenvalue weighted by Crippen LogP contribution is 2.32. The third-order valence-corrected chi connectivity index (χ3v) is 7.52. The van der Waals surface area contributed by atoms with Crippen molar-refractivity contribution in [3.05, 3.63) is 29.6 Å². The van der Waals surface area contributed by atoms with Gasteiger partial charge in [0.15, 0.2) is 5.82 Å². The van der Waals surface area contributed by atoms with Crippen LogP contribution in [0.25, 0.3) is 21.9 Å². The third-order valence-electron chi connectivity index (χ3n) is 7.52. The minimum Gasteiger partial charge on any atom is -0.396 e. The number of aliphatic hydroxyl groups excluding tert-OH is 2. The monoisotopic (exact) mass is 542 g/mol. The van der Waals surface area contributed by atoms with E-state index in [1.807, 2.05) is 23.3 Å². The van der Waals surface area contributed by atoms with Gasteiger partial charge in [0, 0.05) is 57.2 Å². The highest BCUT2D eigenvalue weighted by atomic mass is 16.5. The number of carbonyl (C=O) groups excluding carboxylic acids is 1. The Morgan fingerprint density at radius 3 is 2.56 bits per heavy atom. The summed E-state index contributed by atoms with van der Waals surface area (Å²) in [5, 5.41) is 20.9. The second-order valence-corrected chi connectivity index (χ2v) is 10.7. The number of nitrogens with two attached hydrogens (primary N) is 1. The van der Waals surface area contributed by atoms with Crippen LogP contribution in [0, 0.1) is 5.41 Å². The van der Waals surface area contributed by atoms with Crippen LogP contribution in [0.5, 0.6) is 0 Å². The molecule has 0 aliphatic carbocycles. The number of fused-ring (bicyclic) bond motifs is 3. The van der Waals surface area contributed by atoms with Crippen LogP contribution in [0.3, 0.4) is 0 Å². The smallest absolute Gasteiger partial charge is 0.248 e. The first kappa shape index (κ1) is 29.2. The molecule has 0 radical (unpaired) electrons. The maximum Gasteiger partial charge on any atom is 0.248 e. The van der Waals surface area contributed by atoms with Crippen molar-refractivity contribution in [1.29, 1.82) is 0 Å². The summed E-state index contributed by atoms with van der Waals surface area (Å²) in [4.78, 5) is 25.7. The van der Waals surface area contributed by atoms with E-state index in [2.05, 4.69) is 28.1 Å². The first-order valence-corrected chi connectivity index (χ1v) is 13.7. The molecule has 1 amide bonds. The van der Waals surface area contributed by atoms with E-state index in [1.54, 1.807) is 7.11 Å². The number of nitrogens with zero attached hydrogens (tertiary/aromatic N) is 5. The first-order valence-electron chi connectivity index (χ1n) is 13.7. The normalized spacial score (nSPS) is 15.1. The fourth-order valence-corrected chi connectivity index (χ4v) is 5.11. The molecule has 4 N–H and O–H groups in total. The van der Waals surface area contributed by atoms with E-state index in [0.717, 1.165) is 62.0 Å². The van der Waals surface area contributed by atoms with Crippen LogP contribution < -0.4 is 5.73 Å². The van der Waals surface area contributed by atoms with Crippen LogP contribution in [0.2, 0.25) is 0 Å². The lowest BCUT2D eigenvalue weighted by Crippen LogP contribution is -2.49. The molecule has 0 saturated carbocycles. The Bertz CT molecular complexity index is 1270. The van der Waals surface area contributed by atoms with Gasteiger partial charge in [0.05, 0.1) is 24.2 Å². The van der Waals surface area contributed by atoms with Gasteiger partial charge in [0.25, 0.3) is 0 Å². The van der Waals surface area contributed by atoms with Gasteiger partial charge in [-0.1, -0.05) is 19.1 Å². The number of pyridine rings is 1. The number of hydrogen-bond acceptors (Lipinski definition) is 9. The van der Waals surface area contributed by atoms with E-state index in [1.165, 1.54) is 5.56 Å². The Morgan fingerprint density at radius 1 is 1.15 bits per heavy atom. The zero-order valence-corrected chi connectivity index (χ0v) is 23.4. The summed E-state index contributed by atoms with van der Waals surface area (Å²) in [6.07, 6.45) is 1.90. The van der Waals surface area contributed by atoms with Crippen molar-refractivity contribution in [3.63, 3.8) is 0 Å². The summed E-state index contributed by atoms with van der Waals surface area (Å²) in [5.74, 6) is 1.09. The molecular weight excluding hydrogens is 500 g/mol. The van der Waals surface area contributed by atoms with E-state index in [-0.39, 0.29) is 25.7 Å². The van der Waals surface area contributed by atoms with Crippen LogP contribution >= 0.6 is 0 Å². The van der Waals surface area contributed by atoms with Gasteiger partial charge in [-0.15, -0.1) is 0 Å². The molecule has 1 aliphatic rings. The van der Waals surface area contributed by atoms with Gasteiger partial charge in [-0.3, -0.25) is 9.69 Å². The molecule has 11 nitrogen and oxygen atoms in total. The number of piperazine rings is 1. The van der Waals surface area contributed by atoms with Gasteiger partial charge in [0.2, 0.25) is 5.91 Å². The van der Waals surface area contributed by atoms with E-state index in [4.69, 9.17) is 20.2 Å². The third kappa shape index (κ3) is 6.67. The summed E-state index contributed by atoms with van der Waals surface area (Å²) < 4.78 is 12.6. The maximum absolute atomic E-state index is 12.0. The molecule has 0 bridgehead atoms. The van der Waals surface area contributed by atoms with Crippen molar-refractivity contribution in [3.8, 4) is 0 Å². The molecular formula is C28H42N6O5. The van der Waals surface area contributed by atoms with E-state index in [0.29, 0.717) is 36.9 Å². The van der Waals surface area contributed by atoms with Crippen molar-refractivity contribution < 1.29 is 24.5 Å². The highest BCUT2D eigenvalue weighted by Gasteiger charge is 2.27. The summed E-state index contributed by atoms with van der Waals surface area (Å²) in [5.41, 5.74) is 9.07. The molecule has 0 spiro atoms. The van der Waals surface area contributed by atoms with Gasteiger partial charge in [-0.05, 0) is 37.9 Å². The van der Waals surface area contributed by atoms with Crippen LogP contribution in [0.4, 0.5) is 5.82 Å². The summed E-state index contributed by atoms with van der Waals surface area (Å²) in [6, 6.07) is 6.28. The number of nitrogen functional groups attached to an aromatic ring is 1. The van der Waals surface area contributed by atoms with E-state index < -0.39 is 5.41 Å². The van der Waals surface area contributed by atoms with Crippen LogP contribution in [-0.2, 0) is 33.8 Å². The molecule has 1 aliphatic heterocycles. The number of carbonyl (C=O) groups is 1. The number of methoxy groups -OCH3 is 1. The highest BCUT2D eigenvalue weighted by molar-refractivity contribution is 6.06.